The summed E-state index contributed by atoms with van der Waals surface area (Å²) in [5.41, 5.74) is 5.39. The van der Waals surface area contributed by atoms with Crippen molar-refractivity contribution in [1.29, 1.82) is 0 Å². The van der Waals surface area contributed by atoms with Crippen LogP contribution >= 0.6 is 44.3 Å². The van der Waals surface area contributed by atoms with Crippen LogP contribution in [0.3, 0.4) is 0 Å². The Bertz CT molecular complexity index is 560. The molecule has 0 aliphatic rings. The fraction of sp³-hybridized carbons (Fsp3) is 0.417. The van der Waals surface area contributed by atoms with E-state index in [1.807, 2.05) is 0 Å². The van der Waals surface area contributed by atoms with Crippen molar-refractivity contribution in [3.63, 3.8) is 0 Å². The number of halogens is 5. The molecule has 10 heteroatoms. The summed E-state index contributed by atoms with van der Waals surface area (Å²) in [4.78, 5) is 11.3. The maximum absolute atomic E-state index is 14.0. The zero-order valence-electron chi connectivity index (χ0n) is 11.5. The van der Waals surface area contributed by atoms with E-state index in [-0.39, 0.29) is 45.0 Å². The smallest absolute Gasteiger partial charge is 0.379 e. The molecule has 1 aromatic rings. The molecule has 0 aliphatic carbocycles. The lowest BCUT2D eigenvalue weighted by molar-refractivity contribution is -0.174. The van der Waals surface area contributed by atoms with Crippen LogP contribution in [0.1, 0.15) is 18.5 Å². The Hall–Kier alpha value is -0.640. The van der Waals surface area contributed by atoms with E-state index in [1.54, 1.807) is 0 Å². The molecule has 0 aliphatic heterocycles. The number of methoxy groups -OCH3 is 1. The van der Waals surface area contributed by atoms with E-state index in [0.717, 1.165) is 6.07 Å². The Morgan fingerprint density at radius 1 is 1.45 bits per heavy atom. The Labute approximate surface area is 148 Å². The van der Waals surface area contributed by atoms with E-state index in [4.69, 9.17) is 10.5 Å². The molecule has 0 spiro atoms. The van der Waals surface area contributed by atoms with Gasteiger partial charge in [-0.3, -0.25) is 0 Å². The van der Waals surface area contributed by atoms with Gasteiger partial charge in [0.25, 0.3) is 0 Å². The normalized spacial score (nSPS) is 12.3. The van der Waals surface area contributed by atoms with Gasteiger partial charge in [0, 0.05) is 4.47 Å². The van der Waals surface area contributed by atoms with E-state index < -0.39 is 17.9 Å². The minimum atomic E-state index is -3.93. The molecule has 126 valence electrons. The predicted molar refractivity (Wildman–Crippen MR) is 85.8 cm³/mol. The average molecular weight is 470 g/mol. The summed E-state index contributed by atoms with van der Waals surface area (Å²) in [7, 11) is 1.26. The maximum atomic E-state index is 14.0. The third-order valence-electron chi connectivity index (χ3n) is 2.67. The zero-order valence-corrected chi connectivity index (χ0v) is 15.5. The van der Waals surface area contributed by atoms with Gasteiger partial charge in [0.15, 0.2) is 11.5 Å². The molecule has 0 amide bonds. The number of alkyl halides is 2. The summed E-state index contributed by atoms with van der Waals surface area (Å²) in [6, 6.07) is -0.848. The van der Waals surface area contributed by atoms with E-state index >= 15 is 0 Å². The van der Waals surface area contributed by atoms with Crippen LogP contribution < -0.4 is 10.5 Å². The van der Waals surface area contributed by atoms with Crippen molar-refractivity contribution in [1.82, 2.24) is 0 Å². The second-order valence-electron chi connectivity index (χ2n) is 3.97. The molecule has 0 unspecified atom stereocenters. The van der Waals surface area contributed by atoms with Crippen molar-refractivity contribution in [2.45, 2.75) is 18.9 Å². The van der Waals surface area contributed by atoms with Gasteiger partial charge in [0.05, 0.1) is 18.2 Å². The lowest BCUT2D eigenvalue weighted by Gasteiger charge is -2.24. The van der Waals surface area contributed by atoms with Crippen molar-refractivity contribution in [3.05, 3.63) is 20.6 Å². The Balaban J connectivity index is 0.00000441. The standard InChI is InChI=1S/C12H13Br2F2NO4.ClH/c1-3-21-11(19)12(15,16)10(17)5-4-6(20-2)9(18)8(14)7(5)13;/h4,10,18H,3,17H2,1-2H3;1H/t10-;/m1./s1. The number of ether oxygens (including phenoxy) is 2. The number of carbonyl (C=O) groups is 1. The third-order valence-corrected chi connectivity index (χ3v) is 4.83. The highest BCUT2D eigenvalue weighted by atomic mass is 79.9. The van der Waals surface area contributed by atoms with E-state index in [9.17, 15) is 18.7 Å². The number of rotatable bonds is 5. The molecule has 5 nitrogen and oxygen atoms in total. The zero-order chi connectivity index (χ0) is 16.4. The van der Waals surface area contributed by atoms with Crippen LogP contribution in [0.5, 0.6) is 11.5 Å². The number of esters is 1. The van der Waals surface area contributed by atoms with Crippen molar-refractivity contribution >= 4 is 50.2 Å². The average Bonchev–Trinajstić information content (AvgIpc) is 2.44. The van der Waals surface area contributed by atoms with Crippen LogP contribution in [0.15, 0.2) is 15.0 Å². The van der Waals surface area contributed by atoms with Gasteiger partial charge < -0.3 is 20.3 Å². The first-order valence-corrected chi connectivity index (χ1v) is 7.32. The van der Waals surface area contributed by atoms with E-state index in [0.29, 0.717) is 0 Å². The highest BCUT2D eigenvalue weighted by molar-refractivity contribution is 9.13. The van der Waals surface area contributed by atoms with Crippen LogP contribution in [-0.4, -0.2) is 30.7 Å². The molecule has 0 bridgehead atoms. The molecule has 1 rings (SSSR count). The van der Waals surface area contributed by atoms with Gasteiger partial charge in [-0.1, -0.05) is 0 Å². The minimum Gasteiger partial charge on any atom is -0.503 e. The first-order valence-electron chi connectivity index (χ1n) is 5.73. The first-order chi connectivity index (χ1) is 9.68. The van der Waals surface area contributed by atoms with Gasteiger partial charge >= 0.3 is 11.9 Å². The topological polar surface area (TPSA) is 81.8 Å². The van der Waals surface area contributed by atoms with Crippen LogP contribution in [0.2, 0.25) is 0 Å². The van der Waals surface area contributed by atoms with Gasteiger partial charge in [0.1, 0.15) is 6.04 Å². The Morgan fingerprint density at radius 2 is 2.00 bits per heavy atom. The molecule has 0 saturated heterocycles. The quantitative estimate of drug-likeness (QED) is 0.645. The summed E-state index contributed by atoms with van der Waals surface area (Å²) in [5, 5.41) is 9.76. The summed E-state index contributed by atoms with van der Waals surface area (Å²) >= 11 is 6.08. The second-order valence-corrected chi connectivity index (χ2v) is 5.55. The Morgan fingerprint density at radius 3 is 2.45 bits per heavy atom. The van der Waals surface area contributed by atoms with Crippen molar-refractivity contribution in [2.24, 2.45) is 5.73 Å². The predicted octanol–water partition coefficient (Wildman–Crippen LogP) is 3.55. The van der Waals surface area contributed by atoms with Crippen LogP contribution in [0.25, 0.3) is 0 Å². The van der Waals surface area contributed by atoms with Crippen LogP contribution in [0, 0.1) is 0 Å². The molecule has 1 atom stereocenters. The Kier molecular flexibility index (Phi) is 8.04. The molecule has 1 aromatic carbocycles. The number of phenols is 1. The fourth-order valence-corrected chi connectivity index (χ4v) is 2.52. The number of hydrogen-bond acceptors (Lipinski definition) is 5. The van der Waals surface area contributed by atoms with Crippen molar-refractivity contribution in [2.75, 3.05) is 13.7 Å². The molecule has 0 saturated carbocycles. The molecule has 0 heterocycles. The van der Waals surface area contributed by atoms with E-state index in [1.165, 1.54) is 14.0 Å². The highest BCUT2D eigenvalue weighted by Crippen LogP contribution is 2.45. The van der Waals surface area contributed by atoms with Crippen LogP contribution in [-0.2, 0) is 9.53 Å². The van der Waals surface area contributed by atoms with Crippen LogP contribution in [0.4, 0.5) is 8.78 Å². The summed E-state index contributed by atoms with van der Waals surface area (Å²) in [5.74, 6) is -5.98. The number of carbonyl (C=O) groups excluding carboxylic acids is 1. The molecule has 0 aromatic heterocycles. The van der Waals surface area contributed by atoms with Crippen molar-refractivity contribution in [3.8, 4) is 11.5 Å². The van der Waals surface area contributed by atoms with Gasteiger partial charge in [0.2, 0.25) is 0 Å². The second kappa shape index (κ2) is 8.28. The van der Waals surface area contributed by atoms with Gasteiger partial charge in [-0.05, 0) is 50.4 Å². The lowest BCUT2D eigenvalue weighted by atomic mass is 10.0. The largest absolute Gasteiger partial charge is 0.503 e. The van der Waals surface area contributed by atoms with Gasteiger partial charge in [-0.15, -0.1) is 12.4 Å². The number of aromatic hydroxyl groups is 1. The molecular weight excluding hydrogens is 455 g/mol. The molecular formula is C12H14Br2ClF2NO4. The number of nitrogens with two attached hydrogens (primary N) is 1. The van der Waals surface area contributed by atoms with Crippen molar-refractivity contribution < 1.29 is 28.2 Å². The number of benzene rings is 1. The number of hydrogen-bond donors (Lipinski definition) is 2. The molecule has 22 heavy (non-hydrogen) atoms. The summed E-state index contributed by atoms with van der Waals surface area (Å²) < 4.78 is 37.4. The minimum absolute atomic E-state index is 0. The highest BCUT2D eigenvalue weighted by Gasteiger charge is 2.48. The van der Waals surface area contributed by atoms with Gasteiger partial charge in [-0.2, -0.15) is 8.78 Å². The number of phenolic OH excluding ortho intramolecular Hbond substituents is 1. The monoisotopic (exact) mass is 467 g/mol. The lowest BCUT2D eigenvalue weighted by Crippen LogP contribution is -2.42. The maximum Gasteiger partial charge on any atom is 0.379 e. The molecule has 3 N–H and O–H groups in total. The fourth-order valence-electron chi connectivity index (χ4n) is 1.54. The summed E-state index contributed by atoms with van der Waals surface area (Å²) in [6.45, 7) is 1.22. The van der Waals surface area contributed by atoms with E-state index in [2.05, 4.69) is 36.6 Å². The third kappa shape index (κ3) is 4.01. The molecule has 0 fully saturated rings. The summed E-state index contributed by atoms with van der Waals surface area (Å²) in [6.07, 6.45) is 0. The molecule has 0 radical (unpaired) electrons. The van der Waals surface area contributed by atoms with Gasteiger partial charge in [-0.25, -0.2) is 4.79 Å². The SMILES string of the molecule is CCOC(=O)C(F)(F)[C@H](N)c1cc(OC)c(O)c(Br)c1Br.Cl. The first kappa shape index (κ1) is 21.4.